The summed E-state index contributed by atoms with van der Waals surface area (Å²) in [5, 5.41) is 0. The van der Waals surface area contributed by atoms with Crippen LogP contribution in [0, 0.1) is 5.82 Å². The van der Waals surface area contributed by atoms with E-state index in [9.17, 15) is 4.39 Å². The molecule has 0 heterocycles. The largest absolute Gasteiger partial charge is 0.398 e. The molecular weight excluding hydrogens is 241 g/mol. The molecule has 0 aliphatic heterocycles. The lowest BCUT2D eigenvalue weighted by atomic mass is 10.1. The van der Waals surface area contributed by atoms with E-state index in [1.165, 1.54) is 11.6 Å². The summed E-state index contributed by atoms with van der Waals surface area (Å²) in [5.41, 5.74) is 7.89. The number of benzene rings is 2. The van der Waals surface area contributed by atoms with Crippen LogP contribution in [0.5, 0.6) is 0 Å². The van der Waals surface area contributed by atoms with E-state index in [2.05, 4.69) is 12.1 Å². The summed E-state index contributed by atoms with van der Waals surface area (Å²) in [6.45, 7) is 0.829. The number of halogens is 1. The lowest BCUT2D eigenvalue weighted by molar-refractivity contribution is 0.117. The van der Waals surface area contributed by atoms with Gasteiger partial charge in [0.25, 0.3) is 0 Å². The van der Waals surface area contributed by atoms with Gasteiger partial charge in [0.15, 0.2) is 0 Å². The van der Waals surface area contributed by atoms with E-state index >= 15 is 0 Å². The van der Waals surface area contributed by atoms with Crippen LogP contribution in [0.4, 0.5) is 10.1 Å². The summed E-state index contributed by atoms with van der Waals surface area (Å²) >= 11 is 0. The lowest BCUT2D eigenvalue weighted by Gasteiger charge is -2.08. The molecule has 2 nitrogen and oxygen atoms in total. The molecule has 0 aliphatic carbocycles. The van der Waals surface area contributed by atoms with Crippen molar-refractivity contribution >= 4 is 5.69 Å². The number of rotatable bonds is 6. The standard InChI is InChI=1S/C16H18FNO/c17-15-9-4-10-16(18)14(15)12-19-11-5-8-13-6-2-1-3-7-13/h1-4,6-7,9-10H,5,8,11-12,18H2. The number of hydrogen-bond acceptors (Lipinski definition) is 2. The molecule has 3 heteroatoms. The maximum Gasteiger partial charge on any atom is 0.130 e. The van der Waals surface area contributed by atoms with Gasteiger partial charge in [-0.2, -0.15) is 0 Å². The fraction of sp³-hybridized carbons (Fsp3) is 0.250. The molecule has 0 bridgehead atoms. The maximum absolute atomic E-state index is 13.5. The number of nitrogen functional groups attached to an aromatic ring is 1. The molecule has 19 heavy (non-hydrogen) atoms. The molecule has 2 N–H and O–H groups in total. The van der Waals surface area contributed by atoms with Gasteiger partial charge in [0, 0.05) is 17.9 Å². The first-order valence-corrected chi connectivity index (χ1v) is 6.42. The molecule has 0 aliphatic rings. The van der Waals surface area contributed by atoms with Crippen molar-refractivity contribution in [3.05, 3.63) is 65.5 Å². The van der Waals surface area contributed by atoms with Crippen molar-refractivity contribution in [3.63, 3.8) is 0 Å². The average Bonchev–Trinajstić information content (AvgIpc) is 2.42. The Kier molecular flexibility index (Phi) is 4.93. The second-order valence-corrected chi connectivity index (χ2v) is 4.45. The van der Waals surface area contributed by atoms with Crippen LogP contribution in [0.3, 0.4) is 0 Å². The number of hydrogen-bond donors (Lipinski definition) is 1. The summed E-state index contributed by atoms with van der Waals surface area (Å²) in [4.78, 5) is 0. The Morgan fingerprint density at radius 1 is 1.00 bits per heavy atom. The fourth-order valence-corrected chi connectivity index (χ4v) is 1.92. The van der Waals surface area contributed by atoms with E-state index in [4.69, 9.17) is 10.5 Å². The first-order valence-electron chi connectivity index (χ1n) is 6.42. The summed E-state index contributed by atoms with van der Waals surface area (Å²) < 4.78 is 18.9. The molecular formula is C16H18FNO. The van der Waals surface area contributed by atoms with Gasteiger partial charge in [0.2, 0.25) is 0 Å². The zero-order chi connectivity index (χ0) is 13.5. The normalized spacial score (nSPS) is 10.6. The molecule has 0 radical (unpaired) electrons. The smallest absolute Gasteiger partial charge is 0.130 e. The number of nitrogens with two attached hydrogens (primary N) is 1. The van der Waals surface area contributed by atoms with Crippen LogP contribution in [0.2, 0.25) is 0 Å². The Morgan fingerprint density at radius 2 is 1.79 bits per heavy atom. The van der Waals surface area contributed by atoms with Crippen LogP contribution in [-0.2, 0) is 17.8 Å². The molecule has 0 saturated heterocycles. The van der Waals surface area contributed by atoms with E-state index in [1.54, 1.807) is 12.1 Å². The van der Waals surface area contributed by atoms with E-state index in [0.717, 1.165) is 12.8 Å². The Morgan fingerprint density at radius 3 is 2.53 bits per heavy atom. The first-order chi connectivity index (χ1) is 9.27. The van der Waals surface area contributed by atoms with Crippen molar-refractivity contribution in [2.24, 2.45) is 0 Å². The minimum Gasteiger partial charge on any atom is -0.398 e. The highest BCUT2D eigenvalue weighted by Crippen LogP contribution is 2.16. The van der Waals surface area contributed by atoms with E-state index in [1.807, 2.05) is 18.2 Å². The van der Waals surface area contributed by atoms with E-state index < -0.39 is 0 Å². The van der Waals surface area contributed by atoms with Crippen LogP contribution in [0.25, 0.3) is 0 Å². The lowest BCUT2D eigenvalue weighted by Crippen LogP contribution is -2.03. The Bertz CT molecular complexity index is 493. The van der Waals surface area contributed by atoms with Gasteiger partial charge in [-0.25, -0.2) is 4.39 Å². The number of aryl methyl sites for hydroxylation is 1. The second-order valence-electron chi connectivity index (χ2n) is 4.45. The van der Waals surface area contributed by atoms with Crippen LogP contribution in [-0.4, -0.2) is 6.61 Å². The van der Waals surface area contributed by atoms with Crippen molar-refractivity contribution in [1.29, 1.82) is 0 Å². The summed E-state index contributed by atoms with van der Waals surface area (Å²) in [5.74, 6) is -0.303. The predicted octanol–water partition coefficient (Wildman–Crippen LogP) is 3.56. The van der Waals surface area contributed by atoms with Crippen LogP contribution in [0.15, 0.2) is 48.5 Å². The van der Waals surface area contributed by atoms with Gasteiger partial charge in [-0.05, 0) is 30.5 Å². The zero-order valence-electron chi connectivity index (χ0n) is 10.8. The molecule has 100 valence electrons. The Labute approximate surface area is 113 Å². The molecule has 0 spiro atoms. The third-order valence-electron chi connectivity index (χ3n) is 3.00. The van der Waals surface area contributed by atoms with Crippen LogP contribution < -0.4 is 5.73 Å². The van der Waals surface area contributed by atoms with Crippen molar-refractivity contribution in [2.75, 3.05) is 12.3 Å². The van der Waals surface area contributed by atoms with E-state index in [-0.39, 0.29) is 12.4 Å². The average molecular weight is 259 g/mol. The SMILES string of the molecule is Nc1cccc(F)c1COCCCc1ccccc1. The zero-order valence-corrected chi connectivity index (χ0v) is 10.8. The van der Waals surface area contributed by atoms with Gasteiger partial charge in [-0.3, -0.25) is 0 Å². The summed E-state index contributed by atoms with van der Waals surface area (Å²) in [7, 11) is 0. The van der Waals surface area contributed by atoms with Crippen molar-refractivity contribution < 1.29 is 9.13 Å². The highest BCUT2D eigenvalue weighted by molar-refractivity contribution is 5.46. The minimum atomic E-state index is -0.303. The topological polar surface area (TPSA) is 35.2 Å². The Hall–Kier alpha value is -1.87. The third-order valence-corrected chi connectivity index (χ3v) is 3.00. The highest BCUT2D eigenvalue weighted by atomic mass is 19.1. The van der Waals surface area contributed by atoms with Gasteiger partial charge in [0.05, 0.1) is 6.61 Å². The van der Waals surface area contributed by atoms with Gasteiger partial charge in [-0.1, -0.05) is 36.4 Å². The van der Waals surface area contributed by atoms with Gasteiger partial charge >= 0.3 is 0 Å². The molecule has 0 saturated carbocycles. The fourth-order valence-electron chi connectivity index (χ4n) is 1.92. The quantitative estimate of drug-likeness (QED) is 0.636. The molecule has 0 fully saturated rings. The molecule has 2 aromatic rings. The third kappa shape index (κ3) is 4.07. The van der Waals surface area contributed by atoms with Crippen LogP contribution in [0.1, 0.15) is 17.5 Å². The second kappa shape index (κ2) is 6.90. The Balaban J connectivity index is 1.73. The number of anilines is 1. The highest BCUT2D eigenvalue weighted by Gasteiger charge is 2.05. The summed E-state index contributed by atoms with van der Waals surface area (Å²) in [6.07, 6.45) is 1.88. The molecule has 0 atom stereocenters. The van der Waals surface area contributed by atoms with Crippen LogP contribution >= 0.6 is 0 Å². The van der Waals surface area contributed by atoms with Crippen molar-refractivity contribution in [1.82, 2.24) is 0 Å². The molecule has 0 amide bonds. The maximum atomic E-state index is 13.5. The van der Waals surface area contributed by atoms with Gasteiger partial charge in [0.1, 0.15) is 5.82 Å². The molecule has 2 rings (SSSR count). The van der Waals surface area contributed by atoms with Crippen molar-refractivity contribution in [3.8, 4) is 0 Å². The van der Waals surface area contributed by atoms with Crippen molar-refractivity contribution in [2.45, 2.75) is 19.4 Å². The minimum absolute atomic E-state index is 0.229. The molecule has 0 unspecified atom stereocenters. The molecule has 2 aromatic carbocycles. The van der Waals surface area contributed by atoms with Gasteiger partial charge in [-0.15, -0.1) is 0 Å². The predicted molar refractivity (Wildman–Crippen MR) is 75.2 cm³/mol. The molecule has 0 aromatic heterocycles. The van der Waals surface area contributed by atoms with Gasteiger partial charge < -0.3 is 10.5 Å². The number of ether oxygens (including phenoxy) is 1. The monoisotopic (exact) mass is 259 g/mol. The summed E-state index contributed by atoms with van der Waals surface area (Å²) in [6, 6.07) is 14.9. The van der Waals surface area contributed by atoms with E-state index in [0.29, 0.717) is 17.9 Å². The first kappa shape index (κ1) is 13.6.